The molecule has 11 heteroatoms. The Kier molecular flexibility index (Phi) is 8.08. The van der Waals surface area contributed by atoms with Crippen LogP contribution in [0, 0.1) is 11.8 Å². The molecule has 9 nitrogen and oxygen atoms in total. The van der Waals surface area contributed by atoms with Crippen molar-refractivity contribution in [1.82, 2.24) is 14.5 Å². The summed E-state index contributed by atoms with van der Waals surface area (Å²) in [5.41, 5.74) is 4.74. The molecule has 0 spiro atoms. The summed E-state index contributed by atoms with van der Waals surface area (Å²) in [5.74, 6) is -0.823. The molecule has 31 heavy (non-hydrogen) atoms. The van der Waals surface area contributed by atoms with Crippen molar-refractivity contribution in [2.75, 3.05) is 30.8 Å². The number of rotatable bonds is 8. The van der Waals surface area contributed by atoms with Crippen LogP contribution >= 0.6 is 22.9 Å². The highest BCUT2D eigenvalue weighted by atomic mass is 35.5. The van der Waals surface area contributed by atoms with Gasteiger partial charge in [-0.1, -0.05) is 39.3 Å². The summed E-state index contributed by atoms with van der Waals surface area (Å²) in [6, 6.07) is 3.20. The molecule has 0 fully saturated rings. The van der Waals surface area contributed by atoms with Gasteiger partial charge >= 0.3 is 5.69 Å². The lowest BCUT2D eigenvalue weighted by Gasteiger charge is -2.28. The van der Waals surface area contributed by atoms with Crippen LogP contribution in [-0.4, -0.2) is 46.4 Å². The van der Waals surface area contributed by atoms with Crippen LogP contribution in [0.2, 0.25) is 4.34 Å². The number of amides is 2. The van der Waals surface area contributed by atoms with E-state index in [0.717, 1.165) is 11.3 Å². The van der Waals surface area contributed by atoms with E-state index in [0.29, 0.717) is 9.21 Å². The Hall–Kier alpha value is -2.59. The minimum Gasteiger partial charge on any atom is -0.383 e. The normalized spacial score (nSPS) is 11.2. The van der Waals surface area contributed by atoms with E-state index in [1.54, 1.807) is 12.1 Å². The summed E-state index contributed by atoms with van der Waals surface area (Å²) in [5, 5.41) is 0. The molecule has 0 aromatic carbocycles. The van der Waals surface area contributed by atoms with Crippen LogP contribution in [0.4, 0.5) is 11.5 Å². The SMILES string of the molecule is CC(C)CN(C(=O)CN(C)C(=O)c1ccc(Cl)s1)c1c(N)n(CC(C)C)c(=O)[nH]c1=O. The Morgan fingerprint density at radius 1 is 1.19 bits per heavy atom. The molecule has 2 aromatic rings. The summed E-state index contributed by atoms with van der Waals surface area (Å²) in [4.78, 5) is 55.8. The second-order valence-corrected chi connectivity index (χ2v) is 9.88. The minimum atomic E-state index is -0.740. The Morgan fingerprint density at radius 2 is 1.84 bits per heavy atom. The average molecular weight is 470 g/mol. The highest BCUT2D eigenvalue weighted by Gasteiger charge is 2.27. The first-order valence-corrected chi connectivity index (χ1v) is 11.1. The summed E-state index contributed by atoms with van der Waals surface area (Å²) in [6.45, 7) is 7.79. The van der Waals surface area contributed by atoms with E-state index in [4.69, 9.17) is 17.3 Å². The summed E-state index contributed by atoms with van der Waals surface area (Å²) in [7, 11) is 1.49. The molecule has 0 unspecified atom stereocenters. The van der Waals surface area contributed by atoms with Crippen LogP contribution in [0.25, 0.3) is 0 Å². The lowest BCUT2D eigenvalue weighted by atomic mass is 10.2. The van der Waals surface area contributed by atoms with E-state index in [2.05, 4.69) is 4.98 Å². The predicted molar refractivity (Wildman–Crippen MR) is 124 cm³/mol. The summed E-state index contributed by atoms with van der Waals surface area (Å²) < 4.78 is 1.72. The molecule has 0 aliphatic heterocycles. The number of carbonyl (C=O) groups excluding carboxylic acids is 2. The van der Waals surface area contributed by atoms with Crippen molar-refractivity contribution in [2.24, 2.45) is 11.8 Å². The molecule has 2 heterocycles. The van der Waals surface area contributed by atoms with Crippen LogP contribution in [0.3, 0.4) is 0 Å². The molecule has 0 radical (unpaired) electrons. The number of anilines is 2. The number of nitrogens with zero attached hydrogens (tertiary/aromatic N) is 3. The van der Waals surface area contributed by atoms with Gasteiger partial charge in [-0.3, -0.25) is 23.9 Å². The number of aromatic nitrogens is 2. The lowest BCUT2D eigenvalue weighted by Crippen LogP contribution is -2.47. The zero-order chi connectivity index (χ0) is 23.5. The van der Waals surface area contributed by atoms with Crippen molar-refractivity contribution in [3.8, 4) is 0 Å². The molecular formula is C20H28ClN5O4S. The van der Waals surface area contributed by atoms with Gasteiger partial charge in [0.1, 0.15) is 12.4 Å². The van der Waals surface area contributed by atoms with Crippen molar-refractivity contribution in [3.05, 3.63) is 42.2 Å². The fourth-order valence-electron chi connectivity index (χ4n) is 3.04. The maximum absolute atomic E-state index is 13.2. The quantitative estimate of drug-likeness (QED) is 0.614. The van der Waals surface area contributed by atoms with Gasteiger partial charge in [0.15, 0.2) is 5.69 Å². The molecule has 170 valence electrons. The Bertz CT molecular complexity index is 1070. The average Bonchev–Trinajstić information content (AvgIpc) is 3.09. The smallest absolute Gasteiger partial charge is 0.330 e. The number of halogens is 1. The Labute approximate surface area is 189 Å². The fourth-order valence-corrected chi connectivity index (χ4v) is 4.08. The van der Waals surface area contributed by atoms with Crippen molar-refractivity contribution in [3.63, 3.8) is 0 Å². The number of hydrogen-bond donors (Lipinski definition) is 2. The number of hydrogen-bond acceptors (Lipinski definition) is 6. The molecule has 0 saturated carbocycles. The number of nitrogens with two attached hydrogens (primary N) is 1. The topological polar surface area (TPSA) is 121 Å². The van der Waals surface area contributed by atoms with Gasteiger partial charge in [-0.25, -0.2) is 4.79 Å². The van der Waals surface area contributed by atoms with Crippen LogP contribution in [0.1, 0.15) is 37.4 Å². The second-order valence-electron chi connectivity index (χ2n) is 8.16. The molecule has 2 aromatic heterocycles. The van der Waals surface area contributed by atoms with Gasteiger partial charge in [-0.15, -0.1) is 11.3 Å². The van der Waals surface area contributed by atoms with E-state index in [1.807, 2.05) is 27.7 Å². The predicted octanol–water partition coefficient (Wildman–Crippen LogP) is 2.25. The highest BCUT2D eigenvalue weighted by molar-refractivity contribution is 7.17. The number of thiophene rings is 1. The van der Waals surface area contributed by atoms with Crippen molar-refractivity contribution >= 4 is 46.3 Å². The number of H-pyrrole nitrogens is 1. The van der Waals surface area contributed by atoms with Gasteiger partial charge in [0.2, 0.25) is 5.91 Å². The molecule has 2 amide bonds. The van der Waals surface area contributed by atoms with Gasteiger partial charge in [0, 0.05) is 20.1 Å². The van der Waals surface area contributed by atoms with Crippen LogP contribution in [0.15, 0.2) is 21.7 Å². The molecular weight excluding hydrogens is 442 g/mol. The van der Waals surface area contributed by atoms with Crippen molar-refractivity contribution in [2.45, 2.75) is 34.2 Å². The lowest BCUT2D eigenvalue weighted by molar-refractivity contribution is -0.119. The molecule has 0 atom stereocenters. The largest absolute Gasteiger partial charge is 0.383 e. The fraction of sp³-hybridized carbons (Fsp3) is 0.500. The van der Waals surface area contributed by atoms with E-state index in [1.165, 1.54) is 21.4 Å². The molecule has 3 N–H and O–H groups in total. The van der Waals surface area contributed by atoms with Crippen molar-refractivity contribution < 1.29 is 9.59 Å². The number of carbonyl (C=O) groups is 2. The maximum atomic E-state index is 13.2. The monoisotopic (exact) mass is 469 g/mol. The maximum Gasteiger partial charge on any atom is 0.330 e. The Morgan fingerprint density at radius 3 is 2.35 bits per heavy atom. The zero-order valence-corrected chi connectivity index (χ0v) is 19.8. The molecule has 0 aliphatic carbocycles. The number of nitrogen functional groups attached to an aromatic ring is 1. The molecule has 0 aliphatic rings. The van der Waals surface area contributed by atoms with Gasteiger partial charge in [-0.05, 0) is 24.0 Å². The summed E-state index contributed by atoms with van der Waals surface area (Å²) >= 11 is 7.01. The first-order valence-electron chi connectivity index (χ1n) is 9.86. The molecule has 0 bridgehead atoms. The van der Waals surface area contributed by atoms with Gasteiger partial charge in [0.05, 0.1) is 9.21 Å². The number of aromatic amines is 1. The van der Waals surface area contributed by atoms with E-state index < -0.39 is 17.2 Å². The van der Waals surface area contributed by atoms with Crippen LogP contribution in [0.5, 0.6) is 0 Å². The Balaban J connectivity index is 2.41. The first kappa shape index (κ1) is 24.7. The van der Waals surface area contributed by atoms with E-state index in [-0.39, 0.29) is 48.9 Å². The third-order valence-electron chi connectivity index (χ3n) is 4.38. The first-order chi connectivity index (χ1) is 14.4. The van der Waals surface area contributed by atoms with Gasteiger partial charge in [0.25, 0.3) is 11.5 Å². The van der Waals surface area contributed by atoms with E-state index >= 15 is 0 Å². The van der Waals surface area contributed by atoms with Crippen LogP contribution in [-0.2, 0) is 11.3 Å². The highest BCUT2D eigenvalue weighted by Crippen LogP contribution is 2.23. The third-order valence-corrected chi connectivity index (χ3v) is 5.60. The minimum absolute atomic E-state index is 0.00494. The second kappa shape index (κ2) is 10.1. The van der Waals surface area contributed by atoms with Crippen molar-refractivity contribution in [1.29, 1.82) is 0 Å². The molecule has 0 saturated heterocycles. The van der Waals surface area contributed by atoms with Gasteiger partial charge < -0.3 is 15.5 Å². The third kappa shape index (κ3) is 5.98. The summed E-state index contributed by atoms with van der Waals surface area (Å²) in [6.07, 6.45) is 0. The van der Waals surface area contributed by atoms with Gasteiger partial charge in [-0.2, -0.15) is 0 Å². The zero-order valence-electron chi connectivity index (χ0n) is 18.3. The van der Waals surface area contributed by atoms with Crippen LogP contribution < -0.4 is 21.9 Å². The number of likely N-dealkylation sites (N-methyl/N-ethyl adjacent to an activating group) is 1. The standard InChI is InChI=1S/C20H28ClN5O4S/c1-11(2)8-25(15(27)10-24(5)19(29)13-6-7-14(21)31-13)16-17(22)26(9-12(3)4)20(30)23-18(16)28/h6-7,11-12H,8-10,22H2,1-5H3,(H,23,28,30). The number of nitrogens with one attached hydrogen (secondary N) is 1. The molecule has 2 rings (SSSR count). The van der Waals surface area contributed by atoms with E-state index in [9.17, 15) is 19.2 Å².